The first-order chi connectivity index (χ1) is 19.6. The van der Waals surface area contributed by atoms with Crippen molar-refractivity contribution < 1.29 is 0 Å². The van der Waals surface area contributed by atoms with E-state index < -0.39 is 0 Å². The van der Waals surface area contributed by atoms with Crippen molar-refractivity contribution >= 4 is 34.8 Å². The number of aromatic amines is 2. The number of hydrogen-bond donors (Lipinski definition) is 2. The van der Waals surface area contributed by atoms with Gasteiger partial charge in [-0.3, -0.25) is 9.59 Å². The fourth-order valence-electron chi connectivity index (χ4n) is 5.06. The van der Waals surface area contributed by atoms with Crippen LogP contribution < -0.4 is 21.8 Å². The average molecular weight is 583 g/mol. The second-order valence-electron chi connectivity index (χ2n) is 11.1. The monoisotopic (exact) mass is 582 g/mol. The van der Waals surface area contributed by atoms with E-state index in [9.17, 15) is 9.59 Å². The Kier molecular flexibility index (Phi) is 15.4. The Labute approximate surface area is 248 Å². The highest BCUT2D eigenvalue weighted by molar-refractivity contribution is 7.13. The topological polar surface area (TPSA) is 65.7 Å². The van der Waals surface area contributed by atoms with Crippen LogP contribution in [-0.4, -0.2) is 9.97 Å². The molecule has 2 N–H and O–H groups in total. The van der Waals surface area contributed by atoms with Crippen LogP contribution in [0.3, 0.4) is 0 Å². The molecule has 0 atom stereocenters. The van der Waals surface area contributed by atoms with E-state index in [1.165, 1.54) is 112 Å². The maximum Gasteiger partial charge on any atom is 0.272 e. The molecule has 0 unspecified atom stereocenters. The van der Waals surface area contributed by atoms with Crippen LogP contribution in [0.25, 0.3) is 12.2 Å². The highest BCUT2D eigenvalue weighted by atomic mass is 32.1. The van der Waals surface area contributed by atoms with Crippen molar-refractivity contribution in [2.45, 2.75) is 129 Å². The zero-order valence-electron chi connectivity index (χ0n) is 24.8. The summed E-state index contributed by atoms with van der Waals surface area (Å²) in [5, 5.41) is 0.619. The molecular formula is C34H50N2O2S2. The molecule has 0 spiro atoms. The van der Waals surface area contributed by atoms with E-state index in [1.807, 2.05) is 12.1 Å². The number of hydrogen-bond acceptors (Lipinski definition) is 4. The molecule has 3 rings (SSSR count). The highest BCUT2D eigenvalue weighted by Crippen LogP contribution is 2.21. The lowest BCUT2D eigenvalue weighted by atomic mass is 10.1. The molecule has 3 aromatic heterocycles. The molecule has 6 heteroatoms. The number of unbranched alkanes of at least 4 members (excludes halogenated alkanes) is 14. The molecule has 0 bridgehead atoms. The van der Waals surface area contributed by atoms with Crippen LogP contribution in [0.1, 0.15) is 136 Å². The number of aryl methyl sites for hydroxylation is 2. The third kappa shape index (κ3) is 12.1. The van der Waals surface area contributed by atoms with Crippen molar-refractivity contribution in [1.29, 1.82) is 0 Å². The van der Waals surface area contributed by atoms with Crippen molar-refractivity contribution in [1.82, 2.24) is 9.97 Å². The van der Waals surface area contributed by atoms with Crippen LogP contribution in [0.4, 0.5) is 0 Å². The first-order valence-corrected chi connectivity index (χ1v) is 17.5. The Bertz CT molecular complexity index is 1240. The van der Waals surface area contributed by atoms with Gasteiger partial charge in [-0.15, -0.1) is 22.7 Å². The van der Waals surface area contributed by atoms with Gasteiger partial charge in [-0.05, 0) is 62.1 Å². The molecule has 3 heterocycles. The Hall–Kier alpha value is -2.18. The summed E-state index contributed by atoms with van der Waals surface area (Å²) < 4.78 is 0. The number of thiophene rings is 2. The van der Waals surface area contributed by atoms with Crippen LogP contribution in [0.5, 0.6) is 0 Å². The van der Waals surface area contributed by atoms with Gasteiger partial charge in [0.1, 0.15) is 10.7 Å². The predicted octanol–water partition coefficient (Wildman–Crippen LogP) is 8.21. The molecule has 0 amide bonds. The van der Waals surface area contributed by atoms with Crippen molar-refractivity contribution in [2.75, 3.05) is 0 Å². The van der Waals surface area contributed by atoms with E-state index in [0.717, 1.165) is 22.6 Å². The minimum atomic E-state index is -0.264. The first kappa shape index (κ1) is 32.3. The number of rotatable bonds is 20. The molecule has 3 aromatic rings. The van der Waals surface area contributed by atoms with E-state index in [-0.39, 0.29) is 11.1 Å². The molecular weight excluding hydrogens is 533 g/mol. The fraction of sp³-hybridized carbons (Fsp3) is 0.588. The summed E-state index contributed by atoms with van der Waals surface area (Å²) >= 11 is 3.41. The highest BCUT2D eigenvalue weighted by Gasteiger charge is 2.03. The Morgan fingerprint density at radius 1 is 0.525 bits per heavy atom. The zero-order valence-corrected chi connectivity index (χ0v) is 26.5. The summed E-state index contributed by atoms with van der Waals surface area (Å²) in [6.07, 6.45) is 26.8. The quantitative estimate of drug-likeness (QED) is 0.132. The smallest absolute Gasteiger partial charge is 0.272 e. The Morgan fingerprint density at radius 3 is 1.25 bits per heavy atom. The Morgan fingerprint density at radius 2 is 0.875 bits per heavy atom. The zero-order chi connectivity index (χ0) is 28.4. The lowest BCUT2D eigenvalue weighted by Crippen LogP contribution is -2.46. The SMILES string of the molecule is CCCCCCCCCCc1ccc(/C=c2\[nH]c(=O)/c(=C/c3ccc(CCCCCCCCCC)s3)[nH]c2=O)s1. The van der Waals surface area contributed by atoms with Gasteiger partial charge in [0.2, 0.25) is 0 Å². The Balaban J connectivity index is 1.50. The van der Waals surface area contributed by atoms with E-state index >= 15 is 0 Å². The third-order valence-electron chi connectivity index (χ3n) is 7.48. The molecule has 220 valence electrons. The van der Waals surface area contributed by atoms with Crippen molar-refractivity contribution in [3.05, 3.63) is 75.2 Å². The molecule has 0 saturated heterocycles. The summed E-state index contributed by atoms with van der Waals surface area (Å²) in [5.41, 5.74) is -0.529. The van der Waals surface area contributed by atoms with E-state index in [2.05, 4.69) is 35.9 Å². The van der Waals surface area contributed by atoms with Gasteiger partial charge in [0.05, 0.1) is 0 Å². The van der Waals surface area contributed by atoms with Gasteiger partial charge in [-0.25, -0.2) is 0 Å². The van der Waals surface area contributed by atoms with Crippen LogP contribution in [0, 0.1) is 0 Å². The van der Waals surface area contributed by atoms with E-state index in [4.69, 9.17) is 0 Å². The lowest BCUT2D eigenvalue weighted by Gasteiger charge is -2.00. The van der Waals surface area contributed by atoms with Gasteiger partial charge in [0, 0.05) is 19.5 Å². The largest absolute Gasteiger partial charge is 0.316 e. The second kappa shape index (κ2) is 19.0. The van der Waals surface area contributed by atoms with E-state index in [0.29, 0.717) is 10.7 Å². The number of H-pyrrole nitrogens is 2. The normalized spacial score (nSPS) is 12.6. The summed E-state index contributed by atoms with van der Waals surface area (Å²) in [4.78, 5) is 35.8. The average Bonchev–Trinajstić information content (AvgIpc) is 3.59. The minimum absolute atomic E-state index is 0.264. The number of nitrogens with one attached hydrogen (secondary N) is 2. The predicted molar refractivity (Wildman–Crippen MR) is 175 cm³/mol. The molecule has 0 radical (unpaired) electrons. The van der Waals surface area contributed by atoms with Gasteiger partial charge >= 0.3 is 0 Å². The van der Waals surface area contributed by atoms with Gasteiger partial charge in [0.15, 0.2) is 0 Å². The molecule has 0 aromatic carbocycles. The summed E-state index contributed by atoms with van der Waals surface area (Å²) in [7, 11) is 0. The fourth-order valence-corrected chi connectivity index (χ4v) is 7.06. The molecule has 0 aliphatic carbocycles. The molecule has 0 aliphatic rings. The maximum atomic E-state index is 12.8. The van der Waals surface area contributed by atoms with Gasteiger partial charge < -0.3 is 9.97 Å². The van der Waals surface area contributed by atoms with Gasteiger partial charge in [-0.2, -0.15) is 0 Å². The van der Waals surface area contributed by atoms with Crippen LogP contribution in [0.2, 0.25) is 0 Å². The van der Waals surface area contributed by atoms with Gasteiger partial charge in [0.25, 0.3) is 11.1 Å². The third-order valence-corrected chi connectivity index (χ3v) is 9.66. The molecule has 0 fully saturated rings. The van der Waals surface area contributed by atoms with Crippen molar-refractivity contribution in [3.8, 4) is 0 Å². The van der Waals surface area contributed by atoms with Crippen molar-refractivity contribution in [3.63, 3.8) is 0 Å². The summed E-state index contributed by atoms with van der Waals surface area (Å²) in [5.74, 6) is 0. The lowest BCUT2D eigenvalue weighted by molar-refractivity contribution is 0.576. The standard InChI is InChI=1S/C34H50N2O2S2/c1-3-5-7-9-11-13-15-17-19-27-21-23-29(39-27)25-31-33(37)36-32(34(38)35-31)26-30-24-22-28(40-30)20-18-16-14-12-10-8-6-4-2/h21-26H,3-20H2,1-2H3,(H,35,38)(H,36,37)/b31-25-,32-26-. The van der Waals surface area contributed by atoms with Crippen LogP contribution in [0.15, 0.2) is 33.9 Å². The number of aromatic nitrogens is 2. The molecule has 4 nitrogen and oxygen atoms in total. The minimum Gasteiger partial charge on any atom is -0.316 e. The summed E-state index contributed by atoms with van der Waals surface area (Å²) in [6, 6.07) is 8.38. The molecule has 40 heavy (non-hydrogen) atoms. The van der Waals surface area contributed by atoms with Gasteiger partial charge in [-0.1, -0.05) is 104 Å². The molecule has 0 aliphatic heterocycles. The van der Waals surface area contributed by atoms with Crippen LogP contribution in [-0.2, 0) is 12.8 Å². The molecule has 0 saturated carbocycles. The van der Waals surface area contributed by atoms with E-state index in [1.54, 1.807) is 34.8 Å². The first-order valence-electron chi connectivity index (χ1n) is 15.8. The second-order valence-corrected chi connectivity index (χ2v) is 13.5. The van der Waals surface area contributed by atoms with Crippen LogP contribution >= 0.6 is 22.7 Å². The summed E-state index contributed by atoms with van der Waals surface area (Å²) in [6.45, 7) is 4.52. The van der Waals surface area contributed by atoms with Crippen molar-refractivity contribution in [2.24, 2.45) is 0 Å². The maximum absolute atomic E-state index is 12.8.